The number of allylic oxidation sites excluding steroid dienone is 3. The van der Waals surface area contributed by atoms with E-state index in [9.17, 15) is 9.59 Å². The van der Waals surface area contributed by atoms with Gasteiger partial charge < -0.3 is 29.0 Å². The molecule has 36 heavy (non-hydrogen) atoms. The standard InChI is InChI=1S/C28H31NO7/c1-15-24(28(31)36-6)25(17-13-22(33-3)27(35-5)23(14-17)34-4)26-19(29-15)11-16(12-20(26)30)18-9-7-8-10-21(18)32-2/h7-10,13-14,16,25,29H,11-12H2,1-6H3/t16-,25-/m1/s1. The van der Waals surface area contributed by atoms with Crippen molar-refractivity contribution < 1.29 is 33.3 Å². The molecule has 0 unspecified atom stereocenters. The van der Waals surface area contributed by atoms with Crippen LogP contribution in [0.5, 0.6) is 23.0 Å². The number of hydrogen-bond donors (Lipinski definition) is 1. The third kappa shape index (κ3) is 4.27. The molecule has 1 N–H and O–H groups in total. The van der Waals surface area contributed by atoms with E-state index in [2.05, 4.69) is 5.32 Å². The molecule has 0 spiro atoms. The van der Waals surface area contributed by atoms with Gasteiger partial charge in [0.05, 0.1) is 41.1 Å². The molecule has 190 valence electrons. The first-order valence-electron chi connectivity index (χ1n) is 11.6. The molecule has 2 aromatic carbocycles. The van der Waals surface area contributed by atoms with Gasteiger partial charge in [0, 0.05) is 35.2 Å². The summed E-state index contributed by atoms with van der Waals surface area (Å²) in [5.74, 6) is 0.769. The van der Waals surface area contributed by atoms with Crippen LogP contribution in [0.1, 0.15) is 42.7 Å². The lowest BCUT2D eigenvalue weighted by molar-refractivity contribution is -0.136. The van der Waals surface area contributed by atoms with Crippen molar-refractivity contribution in [1.82, 2.24) is 5.32 Å². The highest BCUT2D eigenvalue weighted by Crippen LogP contribution is 2.49. The minimum absolute atomic E-state index is 0.0488. The second-order valence-corrected chi connectivity index (χ2v) is 8.71. The van der Waals surface area contributed by atoms with Crippen molar-refractivity contribution in [2.45, 2.75) is 31.6 Å². The number of para-hydroxylation sites is 1. The molecule has 0 fully saturated rings. The number of ether oxygens (including phenoxy) is 5. The molecule has 1 aliphatic carbocycles. The second-order valence-electron chi connectivity index (χ2n) is 8.71. The summed E-state index contributed by atoms with van der Waals surface area (Å²) in [5.41, 5.74) is 3.98. The zero-order valence-electron chi connectivity index (χ0n) is 21.4. The van der Waals surface area contributed by atoms with E-state index < -0.39 is 11.9 Å². The van der Waals surface area contributed by atoms with E-state index in [0.717, 1.165) is 17.0 Å². The monoisotopic (exact) mass is 493 g/mol. The lowest BCUT2D eigenvalue weighted by atomic mass is 9.71. The highest BCUT2D eigenvalue weighted by atomic mass is 16.5. The van der Waals surface area contributed by atoms with Gasteiger partial charge in [0.25, 0.3) is 0 Å². The number of carbonyl (C=O) groups excluding carboxylic acids is 2. The molecular formula is C28H31NO7. The normalized spacial score (nSPS) is 19.3. The Bertz CT molecular complexity index is 1240. The molecule has 0 saturated heterocycles. The molecule has 0 aromatic heterocycles. The van der Waals surface area contributed by atoms with E-state index in [1.54, 1.807) is 19.2 Å². The highest BCUT2D eigenvalue weighted by molar-refractivity contribution is 6.04. The van der Waals surface area contributed by atoms with E-state index in [0.29, 0.717) is 46.1 Å². The summed E-state index contributed by atoms with van der Waals surface area (Å²) in [6, 6.07) is 11.3. The fourth-order valence-corrected chi connectivity index (χ4v) is 5.24. The van der Waals surface area contributed by atoms with Crippen LogP contribution in [0.25, 0.3) is 0 Å². The van der Waals surface area contributed by atoms with Crippen LogP contribution in [0.3, 0.4) is 0 Å². The fourth-order valence-electron chi connectivity index (χ4n) is 5.24. The predicted octanol–water partition coefficient (Wildman–Crippen LogP) is 4.26. The van der Waals surface area contributed by atoms with Gasteiger partial charge in [0.1, 0.15) is 5.75 Å². The second kappa shape index (κ2) is 10.4. The van der Waals surface area contributed by atoms with Gasteiger partial charge in [0.15, 0.2) is 17.3 Å². The van der Waals surface area contributed by atoms with Gasteiger partial charge in [-0.3, -0.25) is 4.79 Å². The number of benzene rings is 2. The Morgan fingerprint density at radius 1 is 0.889 bits per heavy atom. The Hall–Kier alpha value is -3.94. The molecule has 1 heterocycles. The maximum absolute atomic E-state index is 13.8. The molecule has 8 nitrogen and oxygen atoms in total. The molecule has 8 heteroatoms. The number of esters is 1. The third-order valence-electron chi connectivity index (χ3n) is 6.83. The smallest absolute Gasteiger partial charge is 0.336 e. The Morgan fingerprint density at radius 2 is 1.53 bits per heavy atom. The number of Topliss-reactive ketones (excluding diaryl/α,β-unsaturated/α-hetero) is 1. The van der Waals surface area contributed by atoms with Crippen molar-refractivity contribution in [3.63, 3.8) is 0 Å². The molecule has 2 aliphatic rings. The number of rotatable bonds is 7. The zero-order chi connectivity index (χ0) is 26.0. The molecule has 2 aromatic rings. The van der Waals surface area contributed by atoms with E-state index >= 15 is 0 Å². The number of ketones is 1. The van der Waals surface area contributed by atoms with Crippen LogP contribution < -0.4 is 24.3 Å². The van der Waals surface area contributed by atoms with E-state index in [1.807, 2.05) is 31.2 Å². The van der Waals surface area contributed by atoms with Gasteiger partial charge in [-0.25, -0.2) is 4.79 Å². The van der Waals surface area contributed by atoms with Crippen molar-refractivity contribution in [3.8, 4) is 23.0 Å². The summed E-state index contributed by atoms with van der Waals surface area (Å²) >= 11 is 0. The summed E-state index contributed by atoms with van der Waals surface area (Å²) in [5, 5.41) is 3.34. The Kier molecular flexibility index (Phi) is 7.24. The van der Waals surface area contributed by atoms with Gasteiger partial charge >= 0.3 is 5.97 Å². The SMILES string of the molecule is COC(=O)C1=C(C)NC2=C(C(=O)C[C@H](c3ccccc3OC)C2)[C@@H]1c1cc(OC)c(OC)c(OC)c1. The molecule has 0 saturated carbocycles. The van der Waals surface area contributed by atoms with Gasteiger partial charge in [-0.15, -0.1) is 0 Å². The van der Waals surface area contributed by atoms with Crippen molar-refractivity contribution >= 4 is 11.8 Å². The van der Waals surface area contributed by atoms with E-state index in [4.69, 9.17) is 23.7 Å². The molecule has 4 rings (SSSR count). The highest BCUT2D eigenvalue weighted by Gasteiger charge is 2.42. The molecular weight excluding hydrogens is 462 g/mol. The van der Waals surface area contributed by atoms with Crippen molar-refractivity contribution in [3.05, 3.63) is 70.1 Å². The number of nitrogens with one attached hydrogen (secondary N) is 1. The summed E-state index contributed by atoms with van der Waals surface area (Å²) < 4.78 is 27.3. The number of hydrogen-bond acceptors (Lipinski definition) is 8. The summed E-state index contributed by atoms with van der Waals surface area (Å²) in [6.07, 6.45) is 0.878. The average molecular weight is 494 g/mol. The average Bonchev–Trinajstić information content (AvgIpc) is 2.90. The molecule has 1 aliphatic heterocycles. The van der Waals surface area contributed by atoms with Crippen LogP contribution in [0.4, 0.5) is 0 Å². The van der Waals surface area contributed by atoms with Gasteiger partial charge in [0.2, 0.25) is 5.75 Å². The summed E-state index contributed by atoms with van der Waals surface area (Å²) in [6.45, 7) is 1.82. The van der Waals surface area contributed by atoms with Crippen molar-refractivity contribution in [1.29, 1.82) is 0 Å². The largest absolute Gasteiger partial charge is 0.496 e. The maximum atomic E-state index is 13.8. The summed E-state index contributed by atoms with van der Waals surface area (Å²) in [7, 11) is 7.54. The first kappa shape index (κ1) is 25.2. The number of carbonyl (C=O) groups is 2. The number of dihydropyridines is 1. The first-order valence-corrected chi connectivity index (χ1v) is 11.6. The molecule has 2 atom stereocenters. The maximum Gasteiger partial charge on any atom is 0.336 e. The van der Waals surface area contributed by atoms with Crippen LogP contribution >= 0.6 is 0 Å². The van der Waals surface area contributed by atoms with Gasteiger partial charge in [-0.2, -0.15) is 0 Å². The van der Waals surface area contributed by atoms with Crippen LogP contribution in [0.15, 0.2) is 58.9 Å². The van der Waals surface area contributed by atoms with E-state index in [1.165, 1.54) is 28.4 Å². The predicted molar refractivity (Wildman–Crippen MR) is 134 cm³/mol. The topological polar surface area (TPSA) is 92.3 Å². The number of methoxy groups -OCH3 is 5. The molecule has 0 amide bonds. The lowest BCUT2D eigenvalue weighted by Gasteiger charge is -2.37. The van der Waals surface area contributed by atoms with Crippen LogP contribution in [0.2, 0.25) is 0 Å². The quantitative estimate of drug-likeness (QED) is 0.572. The lowest BCUT2D eigenvalue weighted by Crippen LogP contribution is -2.36. The van der Waals surface area contributed by atoms with Crippen molar-refractivity contribution in [2.75, 3.05) is 35.5 Å². The Labute approximate surface area is 210 Å². The summed E-state index contributed by atoms with van der Waals surface area (Å²) in [4.78, 5) is 26.8. The van der Waals surface area contributed by atoms with Crippen LogP contribution in [-0.2, 0) is 14.3 Å². The van der Waals surface area contributed by atoms with Crippen LogP contribution in [0, 0.1) is 0 Å². The Balaban J connectivity index is 1.89. The van der Waals surface area contributed by atoms with E-state index in [-0.39, 0.29) is 18.1 Å². The Morgan fingerprint density at radius 3 is 2.11 bits per heavy atom. The van der Waals surface area contributed by atoms with Gasteiger partial charge in [-0.1, -0.05) is 18.2 Å². The zero-order valence-corrected chi connectivity index (χ0v) is 21.4. The van der Waals surface area contributed by atoms with Gasteiger partial charge in [-0.05, 0) is 42.7 Å². The third-order valence-corrected chi connectivity index (χ3v) is 6.83. The molecule has 0 bridgehead atoms. The minimum Gasteiger partial charge on any atom is -0.496 e. The molecule has 0 radical (unpaired) electrons. The minimum atomic E-state index is -0.659. The van der Waals surface area contributed by atoms with Crippen molar-refractivity contribution in [2.24, 2.45) is 0 Å². The van der Waals surface area contributed by atoms with Crippen LogP contribution in [-0.4, -0.2) is 47.3 Å². The fraction of sp³-hybridized carbons (Fsp3) is 0.357. The first-order chi connectivity index (χ1) is 17.4.